The molecule has 1 N–H and O–H groups in total. The number of amides is 2. The van der Waals surface area contributed by atoms with Crippen LogP contribution in [-0.4, -0.2) is 47.8 Å². The molecule has 0 spiro atoms. The number of alkyl halides is 6. The van der Waals surface area contributed by atoms with Crippen molar-refractivity contribution < 1.29 is 31.1 Å². The second kappa shape index (κ2) is 8.71. The quantitative estimate of drug-likeness (QED) is 0.625. The average molecular weight is 458 g/mol. The van der Waals surface area contributed by atoms with Crippen molar-refractivity contribution in [2.45, 2.75) is 25.3 Å². The lowest BCUT2D eigenvalue weighted by molar-refractivity contribution is -0.137. The van der Waals surface area contributed by atoms with Crippen LogP contribution in [0.5, 0.6) is 0 Å². The molecule has 2 heterocycles. The topological polar surface area (TPSA) is 48.5 Å². The Hall–Kier alpha value is -3.24. The van der Waals surface area contributed by atoms with E-state index in [0.29, 0.717) is 0 Å². The van der Waals surface area contributed by atoms with Gasteiger partial charge in [0.15, 0.2) is 0 Å². The Balaban J connectivity index is 1.65. The van der Waals surface area contributed by atoms with E-state index >= 15 is 0 Å². The minimum absolute atomic E-state index is 0.117. The molecule has 2 amide bonds. The van der Waals surface area contributed by atoms with Crippen LogP contribution >= 0.6 is 0 Å². The van der Waals surface area contributed by atoms with Gasteiger partial charge in [-0.25, -0.2) is 9.78 Å². The van der Waals surface area contributed by atoms with Gasteiger partial charge < -0.3 is 15.1 Å². The first kappa shape index (κ1) is 23.4. The molecule has 2 aromatic rings. The van der Waals surface area contributed by atoms with Crippen LogP contribution in [0.25, 0.3) is 5.57 Å². The highest BCUT2D eigenvalue weighted by Crippen LogP contribution is 2.36. The van der Waals surface area contributed by atoms with Gasteiger partial charge in [-0.1, -0.05) is 18.7 Å². The normalized spacial score (nSPS) is 17.3. The van der Waals surface area contributed by atoms with Gasteiger partial charge in [0.2, 0.25) is 0 Å². The molecule has 5 nitrogen and oxygen atoms in total. The summed E-state index contributed by atoms with van der Waals surface area (Å²) < 4.78 is 78.0. The van der Waals surface area contributed by atoms with E-state index < -0.39 is 35.6 Å². The van der Waals surface area contributed by atoms with E-state index in [2.05, 4.69) is 16.9 Å². The molecule has 0 aliphatic carbocycles. The molecule has 32 heavy (non-hydrogen) atoms. The number of nitrogens with one attached hydrogen (secondary N) is 1. The number of carbonyl (C=O) groups excluding carboxylic acids is 1. The Bertz CT molecular complexity index is 987. The van der Waals surface area contributed by atoms with E-state index in [1.54, 1.807) is 6.92 Å². The lowest BCUT2D eigenvalue weighted by Crippen LogP contribution is -2.55. The van der Waals surface area contributed by atoms with Gasteiger partial charge in [0, 0.05) is 37.6 Å². The molecular formula is C21H20F6N4O. The van der Waals surface area contributed by atoms with Crippen molar-refractivity contribution in [1.29, 1.82) is 0 Å². The molecule has 172 valence electrons. The fourth-order valence-corrected chi connectivity index (χ4v) is 3.44. The zero-order valence-corrected chi connectivity index (χ0v) is 17.0. The molecule has 1 aliphatic rings. The lowest BCUT2D eigenvalue weighted by atomic mass is 10.1. The third-order valence-electron chi connectivity index (χ3n) is 5.11. The van der Waals surface area contributed by atoms with Crippen molar-refractivity contribution >= 4 is 23.1 Å². The smallest absolute Gasteiger partial charge is 0.352 e. The summed E-state index contributed by atoms with van der Waals surface area (Å²) in [7, 11) is 0. The van der Waals surface area contributed by atoms with E-state index in [-0.39, 0.29) is 36.7 Å². The largest absolute Gasteiger partial charge is 0.419 e. The van der Waals surface area contributed by atoms with E-state index in [9.17, 15) is 31.1 Å². The number of nitrogens with zero attached hydrogens (tertiary/aromatic N) is 3. The summed E-state index contributed by atoms with van der Waals surface area (Å²) in [4.78, 5) is 19.4. The van der Waals surface area contributed by atoms with Gasteiger partial charge in [-0.15, -0.1) is 0 Å². The predicted molar refractivity (Wildman–Crippen MR) is 108 cm³/mol. The van der Waals surface area contributed by atoms with Crippen molar-refractivity contribution in [2.24, 2.45) is 0 Å². The Morgan fingerprint density at radius 3 is 2.31 bits per heavy atom. The van der Waals surface area contributed by atoms with Crippen molar-refractivity contribution in [1.82, 2.24) is 9.88 Å². The first-order valence-electron chi connectivity index (χ1n) is 9.59. The number of benzene rings is 1. The summed E-state index contributed by atoms with van der Waals surface area (Å²) >= 11 is 0. The van der Waals surface area contributed by atoms with Crippen LogP contribution in [-0.2, 0) is 6.18 Å². The van der Waals surface area contributed by atoms with E-state index in [1.807, 2.05) is 0 Å². The van der Waals surface area contributed by atoms with Crippen LogP contribution in [0.1, 0.15) is 18.1 Å². The van der Waals surface area contributed by atoms with Crippen LogP contribution in [0.4, 0.5) is 42.6 Å². The van der Waals surface area contributed by atoms with Gasteiger partial charge in [-0.05, 0) is 36.8 Å². The summed E-state index contributed by atoms with van der Waals surface area (Å²) in [6, 6.07) is 6.30. The molecule has 1 aliphatic heterocycles. The number of anilines is 2. The summed E-state index contributed by atoms with van der Waals surface area (Å²) in [6.45, 7) is 5.14. The lowest BCUT2D eigenvalue weighted by Gasteiger charge is -2.40. The SMILES string of the molecule is C=C(c1ccc(NC(=O)N2CCN(c3ncccc3C(F)(F)F)CC2C)cc1)C(F)(F)F. The number of aromatic nitrogens is 1. The minimum atomic E-state index is -4.56. The summed E-state index contributed by atoms with van der Waals surface area (Å²) in [6.07, 6.45) is -7.82. The highest BCUT2D eigenvalue weighted by atomic mass is 19.4. The van der Waals surface area contributed by atoms with Gasteiger partial charge >= 0.3 is 18.4 Å². The second-order valence-electron chi connectivity index (χ2n) is 7.34. The molecule has 1 fully saturated rings. The molecule has 0 saturated carbocycles. The Morgan fingerprint density at radius 1 is 1.09 bits per heavy atom. The Morgan fingerprint density at radius 2 is 1.75 bits per heavy atom. The predicted octanol–water partition coefficient (Wildman–Crippen LogP) is 5.42. The monoisotopic (exact) mass is 458 g/mol. The molecule has 0 radical (unpaired) electrons. The molecule has 1 aromatic carbocycles. The van der Waals surface area contributed by atoms with Gasteiger partial charge in [0.1, 0.15) is 5.82 Å². The van der Waals surface area contributed by atoms with Crippen molar-refractivity contribution in [3.8, 4) is 0 Å². The number of halogens is 6. The molecule has 1 atom stereocenters. The first-order chi connectivity index (χ1) is 14.9. The van der Waals surface area contributed by atoms with Crippen LogP contribution in [0.3, 0.4) is 0 Å². The summed E-state index contributed by atoms with van der Waals surface area (Å²) in [5, 5.41) is 2.60. The number of hydrogen-bond donors (Lipinski definition) is 1. The van der Waals surface area contributed by atoms with Gasteiger partial charge in [0.25, 0.3) is 0 Å². The molecule has 1 aromatic heterocycles. The zero-order chi connectivity index (χ0) is 23.7. The number of rotatable bonds is 3. The summed E-state index contributed by atoms with van der Waals surface area (Å²) in [5.41, 5.74) is -1.67. The van der Waals surface area contributed by atoms with Crippen LogP contribution < -0.4 is 10.2 Å². The maximum atomic E-state index is 13.3. The van der Waals surface area contributed by atoms with Crippen molar-refractivity contribution in [3.05, 3.63) is 60.3 Å². The first-order valence-corrected chi connectivity index (χ1v) is 9.59. The second-order valence-corrected chi connectivity index (χ2v) is 7.34. The highest BCUT2D eigenvalue weighted by molar-refractivity contribution is 5.90. The van der Waals surface area contributed by atoms with Crippen molar-refractivity contribution in [2.75, 3.05) is 29.9 Å². The van der Waals surface area contributed by atoms with Gasteiger partial charge in [-0.2, -0.15) is 26.3 Å². The Kier molecular flexibility index (Phi) is 6.38. The molecule has 1 unspecified atom stereocenters. The van der Waals surface area contributed by atoms with Crippen LogP contribution in [0.2, 0.25) is 0 Å². The fraction of sp³-hybridized carbons (Fsp3) is 0.333. The van der Waals surface area contributed by atoms with Gasteiger partial charge in [-0.3, -0.25) is 0 Å². The summed E-state index contributed by atoms with van der Waals surface area (Å²) in [5.74, 6) is -0.188. The molecule has 0 bridgehead atoms. The number of carbonyl (C=O) groups is 1. The average Bonchev–Trinajstić information content (AvgIpc) is 2.72. The van der Waals surface area contributed by atoms with Crippen LogP contribution in [0.15, 0.2) is 49.2 Å². The van der Waals surface area contributed by atoms with Crippen LogP contribution in [0, 0.1) is 0 Å². The van der Waals surface area contributed by atoms with E-state index in [0.717, 1.165) is 6.07 Å². The molecule has 1 saturated heterocycles. The van der Waals surface area contributed by atoms with Gasteiger partial charge in [0.05, 0.1) is 11.1 Å². The third kappa shape index (κ3) is 5.14. The standard InChI is InChI=1S/C21H20F6N4O/c1-13-12-30(18-17(21(25,26)27)4-3-9-28-18)10-11-31(13)19(32)29-16-7-5-15(6-8-16)14(2)20(22,23)24/h3-9,13H,2,10-12H2,1H3,(H,29,32). The maximum Gasteiger partial charge on any atom is 0.419 e. The molecule has 11 heteroatoms. The number of urea groups is 1. The number of hydrogen-bond acceptors (Lipinski definition) is 3. The van der Waals surface area contributed by atoms with Crippen molar-refractivity contribution in [3.63, 3.8) is 0 Å². The number of allylic oxidation sites excluding steroid dienone is 1. The third-order valence-corrected chi connectivity index (χ3v) is 5.11. The molecular weight excluding hydrogens is 438 g/mol. The maximum absolute atomic E-state index is 13.3. The Labute approximate surface area is 180 Å². The zero-order valence-electron chi connectivity index (χ0n) is 17.0. The number of pyridine rings is 1. The van der Waals surface area contributed by atoms with E-state index in [1.165, 1.54) is 46.3 Å². The highest BCUT2D eigenvalue weighted by Gasteiger charge is 2.37. The minimum Gasteiger partial charge on any atom is -0.352 e. The fourth-order valence-electron chi connectivity index (χ4n) is 3.44. The van der Waals surface area contributed by atoms with E-state index in [4.69, 9.17) is 0 Å². The molecule has 3 rings (SSSR count). The number of piperazine rings is 1.